The van der Waals surface area contributed by atoms with Gasteiger partial charge in [-0.25, -0.2) is 4.79 Å². The Morgan fingerprint density at radius 3 is 1.31 bits per heavy atom. The third-order valence-corrected chi connectivity index (χ3v) is 17.8. The van der Waals surface area contributed by atoms with Gasteiger partial charge in [-0.05, 0) is 192 Å². The van der Waals surface area contributed by atoms with Gasteiger partial charge in [-0.15, -0.1) is 0 Å². The number of rotatable bonds is 64. The number of hydrogen-bond donors (Lipinski definition) is 2. The average molecular weight is 1300 g/mol. The summed E-state index contributed by atoms with van der Waals surface area (Å²) in [5, 5.41) is 3.02. The van der Waals surface area contributed by atoms with E-state index in [1.165, 1.54) is 250 Å². The number of methoxy groups -OCH3 is 1. The summed E-state index contributed by atoms with van der Waals surface area (Å²) in [5.41, 5.74) is 1.93. The number of esters is 1. The van der Waals surface area contributed by atoms with Gasteiger partial charge in [-0.2, -0.15) is 9.97 Å². The molecule has 12 heteroatoms. The molecule has 3 rings (SSSR count). The third-order valence-electron chi connectivity index (χ3n) is 17.8. The van der Waals surface area contributed by atoms with Gasteiger partial charge >= 0.3 is 17.7 Å². The lowest BCUT2D eigenvalue weighted by atomic mass is 10.1. The van der Waals surface area contributed by atoms with Gasteiger partial charge in [0.05, 0.1) is 26.7 Å². The summed E-state index contributed by atoms with van der Waals surface area (Å²) < 4.78 is 12.4. The molecule has 12 nitrogen and oxygen atoms in total. The van der Waals surface area contributed by atoms with E-state index >= 15 is 0 Å². The van der Waals surface area contributed by atoms with E-state index in [9.17, 15) is 14.4 Å². The van der Waals surface area contributed by atoms with Gasteiger partial charge in [0.1, 0.15) is 5.52 Å². The molecule has 0 spiro atoms. The molecular formula is C82H137N7O5. The van der Waals surface area contributed by atoms with Crippen LogP contribution in [-0.2, 0) is 27.3 Å². The van der Waals surface area contributed by atoms with Crippen molar-refractivity contribution in [2.24, 2.45) is 0 Å². The van der Waals surface area contributed by atoms with E-state index in [2.05, 4.69) is 131 Å². The number of allylic oxidation sites excluding steroid dienone is 12. The molecule has 2 aromatic heterocycles. The summed E-state index contributed by atoms with van der Waals surface area (Å²) in [6.45, 7) is 16.4. The highest BCUT2D eigenvalue weighted by Gasteiger charge is 2.19. The van der Waals surface area contributed by atoms with Crippen LogP contribution in [0.5, 0.6) is 6.01 Å². The summed E-state index contributed by atoms with van der Waals surface area (Å²) in [5.74, 6) is -0.248. The number of nitrogens with zero attached hydrogens (tertiary/aromatic N) is 5. The van der Waals surface area contributed by atoms with Crippen molar-refractivity contribution in [1.82, 2.24) is 29.3 Å². The lowest BCUT2D eigenvalue weighted by Crippen LogP contribution is -2.32. The summed E-state index contributed by atoms with van der Waals surface area (Å²) in [6.07, 6.45) is 80.5. The van der Waals surface area contributed by atoms with Crippen LogP contribution in [0, 0.1) is 0 Å². The Bertz CT molecular complexity index is 2510. The molecule has 2 N–H and O–H groups in total. The van der Waals surface area contributed by atoms with Crippen LogP contribution in [-0.4, -0.2) is 94.2 Å². The Hall–Kier alpha value is -5.33. The van der Waals surface area contributed by atoms with Crippen molar-refractivity contribution >= 4 is 28.9 Å². The van der Waals surface area contributed by atoms with E-state index in [4.69, 9.17) is 9.47 Å². The normalized spacial score (nSPS) is 12.2. The maximum Gasteiger partial charge on any atom is 0.328 e. The first-order valence-corrected chi connectivity index (χ1v) is 38.7. The number of ether oxygens (including phenoxy) is 2. The second-order valence-corrected chi connectivity index (χ2v) is 26.5. The van der Waals surface area contributed by atoms with Crippen LogP contribution in [0.25, 0.3) is 11.2 Å². The number of benzene rings is 1. The lowest BCUT2D eigenvalue weighted by molar-refractivity contribution is -0.139. The zero-order valence-corrected chi connectivity index (χ0v) is 60.8. The molecule has 0 bridgehead atoms. The molecule has 530 valence electrons. The molecule has 0 aliphatic carbocycles. The minimum atomic E-state index is -0.378. The summed E-state index contributed by atoms with van der Waals surface area (Å²) >= 11 is 0. The number of aromatic amines is 1. The number of aromatic nitrogens is 4. The zero-order valence-electron chi connectivity index (χ0n) is 60.8. The number of carbonyl (C=O) groups excluding carboxylic acids is 2. The van der Waals surface area contributed by atoms with Crippen LogP contribution in [0.4, 0.5) is 5.82 Å². The fraction of sp³-hybridized carbons (Fsp3) is 0.695. The topological polar surface area (TPSA) is 135 Å². The van der Waals surface area contributed by atoms with Crippen LogP contribution in [0.2, 0.25) is 0 Å². The van der Waals surface area contributed by atoms with E-state index in [1.807, 2.05) is 24.3 Å². The fourth-order valence-electron chi connectivity index (χ4n) is 12.0. The van der Waals surface area contributed by atoms with Gasteiger partial charge in [0.15, 0.2) is 11.5 Å². The van der Waals surface area contributed by atoms with Crippen molar-refractivity contribution in [3.05, 3.63) is 119 Å². The fourth-order valence-corrected chi connectivity index (χ4v) is 12.0. The van der Waals surface area contributed by atoms with Crippen molar-refractivity contribution < 1.29 is 19.1 Å². The minimum absolute atomic E-state index is 0.112. The summed E-state index contributed by atoms with van der Waals surface area (Å²) in [4.78, 5) is 57.0. The largest absolute Gasteiger partial charge is 0.469 e. The molecule has 3 aromatic rings. The summed E-state index contributed by atoms with van der Waals surface area (Å²) in [7, 11) is 1.37. The van der Waals surface area contributed by atoms with Crippen LogP contribution in [0.3, 0.4) is 0 Å². The number of H-pyrrole nitrogens is 1. The standard InChI is InChI=1S/C82H137N7O5/c1-6-10-14-17-20-23-26-29-32-35-38-41-44-47-50-55-64-87(65-56-51-48-45-42-39-36-33-30-27-24-21-18-15-11-7-2)68-60-69-88(66-57-52-49-46-43-40-37-34-31-28-25-22-19-16-12-8-3)67-58-53-54-63-76(90)83-79-78-80(86-81(85-79)94-70-13-9-4)89(82(92)84-78)73-75-62-59-61-74(71-75)72-77(91)93-5/h20-25,29-34,59,61-62,71H,6-19,26-28,35-58,60,63-70,72-73H2,1-5H3,(H,84,92)(H,83,85,86,90)/b23-20-,24-21-,25-22-,32-29-,33-30-,34-31-. The van der Waals surface area contributed by atoms with E-state index in [-0.39, 0.29) is 42.4 Å². The number of anilines is 1. The predicted octanol–water partition coefficient (Wildman–Crippen LogP) is 22.0. The molecule has 0 aliphatic heterocycles. The van der Waals surface area contributed by atoms with Gasteiger partial charge < -0.3 is 29.6 Å². The maximum absolute atomic E-state index is 13.7. The number of hydrogen-bond acceptors (Lipinski definition) is 9. The smallest absolute Gasteiger partial charge is 0.328 e. The van der Waals surface area contributed by atoms with E-state index in [0.717, 1.165) is 82.1 Å². The van der Waals surface area contributed by atoms with Crippen LogP contribution in [0.1, 0.15) is 315 Å². The molecule has 0 saturated heterocycles. The van der Waals surface area contributed by atoms with Gasteiger partial charge in [-0.1, -0.05) is 253 Å². The van der Waals surface area contributed by atoms with Crippen LogP contribution < -0.4 is 15.7 Å². The molecule has 0 saturated carbocycles. The minimum Gasteiger partial charge on any atom is -0.469 e. The highest BCUT2D eigenvalue weighted by atomic mass is 16.5. The first-order chi connectivity index (χ1) is 46.3. The molecule has 0 aliphatic rings. The Balaban J connectivity index is 1.58. The van der Waals surface area contributed by atoms with Crippen LogP contribution in [0.15, 0.2) is 102 Å². The molecule has 0 unspecified atom stereocenters. The zero-order chi connectivity index (χ0) is 67.3. The SMILES string of the molecule is CCCCC/C=C\C/C=C\CCCCCCCCN(CCCCCCCC/C=C\C/C=C\CCCCC)CCCN(CCCCCCCC/C=C\C/C=C\CCCCC)CCCCCC(=O)Nc1nc(OCCCC)nc2c1[nH]c(=O)n2Cc1cccc(CC(=O)OC)c1. The maximum atomic E-state index is 13.7. The number of imidazole rings is 1. The Morgan fingerprint density at radius 1 is 0.479 bits per heavy atom. The Labute approximate surface area is 574 Å². The number of unbranched alkanes of at least 4 members (excludes halogenated alkanes) is 30. The molecule has 0 atom stereocenters. The Kier molecular flexibility index (Phi) is 53.0. The lowest BCUT2D eigenvalue weighted by Gasteiger charge is -2.26. The van der Waals surface area contributed by atoms with Crippen molar-refractivity contribution in [1.29, 1.82) is 0 Å². The van der Waals surface area contributed by atoms with E-state index in [0.29, 0.717) is 24.2 Å². The highest BCUT2D eigenvalue weighted by molar-refractivity contribution is 5.97. The number of nitrogens with one attached hydrogen (secondary N) is 2. The van der Waals surface area contributed by atoms with Gasteiger partial charge in [-0.3, -0.25) is 14.2 Å². The van der Waals surface area contributed by atoms with Gasteiger partial charge in [0.25, 0.3) is 0 Å². The Morgan fingerprint density at radius 2 is 0.872 bits per heavy atom. The first-order valence-electron chi connectivity index (χ1n) is 38.7. The number of carbonyl (C=O) groups is 2. The van der Waals surface area contributed by atoms with Gasteiger partial charge in [0, 0.05) is 6.42 Å². The molecular weight excluding hydrogens is 1160 g/mol. The monoisotopic (exact) mass is 1300 g/mol. The number of fused-ring (bicyclic) bond motifs is 1. The van der Waals surface area contributed by atoms with Crippen molar-refractivity contribution in [2.45, 2.75) is 317 Å². The van der Waals surface area contributed by atoms with Crippen molar-refractivity contribution in [3.8, 4) is 6.01 Å². The molecule has 1 aromatic carbocycles. The molecule has 2 heterocycles. The van der Waals surface area contributed by atoms with Crippen molar-refractivity contribution in [3.63, 3.8) is 0 Å². The second-order valence-electron chi connectivity index (χ2n) is 26.5. The van der Waals surface area contributed by atoms with Crippen LogP contribution >= 0.6 is 0 Å². The summed E-state index contributed by atoms with van der Waals surface area (Å²) in [6, 6.07) is 7.62. The van der Waals surface area contributed by atoms with E-state index < -0.39 is 0 Å². The molecule has 94 heavy (non-hydrogen) atoms. The van der Waals surface area contributed by atoms with Crippen molar-refractivity contribution in [2.75, 3.05) is 58.3 Å². The van der Waals surface area contributed by atoms with Gasteiger partial charge in [0.2, 0.25) is 5.91 Å². The third kappa shape index (κ3) is 44.4. The first kappa shape index (κ1) is 82.9. The molecule has 0 fully saturated rings. The molecule has 0 radical (unpaired) electrons. The number of amides is 1. The predicted molar refractivity (Wildman–Crippen MR) is 402 cm³/mol. The van der Waals surface area contributed by atoms with E-state index in [1.54, 1.807) is 0 Å². The average Bonchev–Trinajstić information content (AvgIpc) is 1.62. The highest BCUT2D eigenvalue weighted by Crippen LogP contribution is 2.23. The molecule has 1 amide bonds. The quantitative estimate of drug-likeness (QED) is 0.0322. The second kappa shape index (κ2) is 60.1.